The minimum absolute atomic E-state index is 0.242. The van der Waals surface area contributed by atoms with E-state index in [4.69, 9.17) is 4.74 Å². The van der Waals surface area contributed by atoms with Crippen LogP contribution in [0.1, 0.15) is 11.1 Å². The molecule has 1 N–H and O–H groups in total. The Hall–Kier alpha value is -2.59. The van der Waals surface area contributed by atoms with Crippen molar-refractivity contribution in [2.45, 2.75) is 12.8 Å². The number of ether oxygens (including phenoxy) is 1. The van der Waals surface area contributed by atoms with Crippen LogP contribution in [0.4, 0.5) is 0 Å². The largest absolute Gasteiger partial charge is 0.426 e. The predicted molar refractivity (Wildman–Crippen MR) is 96.3 cm³/mol. The van der Waals surface area contributed by atoms with Crippen molar-refractivity contribution in [1.29, 1.82) is 0 Å². The van der Waals surface area contributed by atoms with Crippen LogP contribution in [0.2, 0.25) is 0 Å². The van der Waals surface area contributed by atoms with Gasteiger partial charge >= 0.3 is 5.97 Å². The summed E-state index contributed by atoms with van der Waals surface area (Å²) >= 11 is 0. The third-order valence-electron chi connectivity index (χ3n) is 3.99. The summed E-state index contributed by atoms with van der Waals surface area (Å²) in [4.78, 5) is 17.7. The Kier molecular flexibility index (Phi) is 4.96. The SMILES string of the molecule is CN(C)CCc1c[nH]c2cccc(OC(=O)Cc3ccccc3)c12. The smallest absolute Gasteiger partial charge is 0.315 e. The maximum absolute atomic E-state index is 12.3. The number of carbonyl (C=O) groups is 1. The van der Waals surface area contributed by atoms with Gasteiger partial charge in [-0.25, -0.2) is 0 Å². The molecular weight excluding hydrogens is 300 g/mol. The molecule has 1 aromatic heterocycles. The summed E-state index contributed by atoms with van der Waals surface area (Å²) in [6.45, 7) is 0.944. The fraction of sp³-hybridized carbons (Fsp3) is 0.250. The number of likely N-dealkylation sites (N-methyl/N-ethyl adjacent to an activating group) is 1. The molecule has 0 spiro atoms. The third-order valence-corrected chi connectivity index (χ3v) is 3.99. The second-order valence-electron chi connectivity index (χ2n) is 6.18. The number of aromatic amines is 1. The first-order valence-corrected chi connectivity index (χ1v) is 8.12. The topological polar surface area (TPSA) is 45.3 Å². The van der Waals surface area contributed by atoms with Gasteiger partial charge in [0.15, 0.2) is 0 Å². The number of nitrogens with zero attached hydrogens (tertiary/aromatic N) is 1. The second kappa shape index (κ2) is 7.32. The molecule has 0 aliphatic carbocycles. The van der Waals surface area contributed by atoms with Gasteiger partial charge in [-0.1, -0.05) is 36.4 Å². The minimum atomic E-state index is -0.242. The summed E-state index contributed by atoms with van der Waals surface area (Å²) in [5, 5.41) is 1.00. The number of rotatable bonds is 6. The molecule has 3 aromatic rings. The van der Waals surface area contributed by atoms with Gasteiger partial charge in [0.05, 0.1) is 6.42 Å². The molecule has 0 saturated heterocycles. The molecule has 0 radical (unpaired) electrons. The van der Waals surface area contributed by atoms with Gasteiger partial charge in [-0.3, -0.25) is 4.79 Å². The van der Waals surface area contributed by atoms with Gasteiger partial charge in [0.1, 0.15) is 5.75 Å². The van der Waals surface area contributed by atoms with Crippen LogP contribution in [0, 0.1) is 0 Å². The van der Waals surface area contributed by atoms with Crippen LogP contribution in [0.15, 0.2) is 54.7 Å². The molecule has 0 saturated carbocycles. The summed E-state index contributed by atoms with van der Waals surface area (Å²) in [7, 11) is 4.10. The molecule has 24 heavy (non-hydrogen) atoms. The summed E-state index contributed by atoms with van der Waals surface area (Å²) < 4.78 is 5.66. The number of nitrogens with one attached hydrogen (secondary N) is 1. The van der Waals surface area contributed by atoms with Crippen molar-refractivity contribution in [3.05, 3.63) is 65.9 Å². The zero-order valence-corrected chi connectivity index (χ0v) is 14.1. The molecule has 3 rings (SSSR count). The van der Waals surface area contributed by atoms with Crippen molar-refractivity contribution in [1.82, 2.24) is 9.88 Å². The van der Waals surface area contributed by atoms with E-state index in [1.54, 1.807) is 0 Å². The first-order valence-electron chi connectivity index (χ1n) is 8.12. The Bertz CT molecular complexity index is 822. The maximum atomic E-state index is 12.3. The number of benzene rings is 2. The van der Waals surface area contributed by atoms with Crippen molar-refractivity contribution in [3.8, 4) is 5.75 Å². The van der Waals surface area contributed by atoms with Gasteiger partial charge in [-0.05, 0) is 43.8 Å². The number of H-pyrrole nitrogens is 1. The average Bonchev–Trinajstić information content (AvgIpc) is 2.98. The molecule has 4 heteroatoms. The highest BCUT2D eigenvalue weighted by atomic mass is 16.5. The van der Waals surface area contributed by atoms with Gasteiger partial charge in [0.25, 0.3) is 0 Å². The molecule has 0 bridgehead atoms. The zero-order valence-electron chi connectivity index (χ0n) is 14.1. The average molecular weight is 322 g/mol. The van der Waals surface area contributed by atoms with Gasteiger partial charge in [0.2, 0.25) is 0 Å². The monoisotopic (exact) mass is 322 g/mol. The lowest BCUT2D eigenvalue weighted by Gasteiger charge is -2.10. The normalized spacial score (nSPS) is 11.1. The lowest BCUT2D eigenvalue weighted by atomic mass is 10.1. The third kappa shape index (κ3) is 3.84. The lowest BCUT2D eigenvalue weighted by Crippen LogP contribution is -2.15. The second-order valence-corrected chi connectivity index (χ2v) is 6.18. The number of hydrogen-bond acceptors (Lipinski definition) is 3. The molecule has 0 unspecified atom stereocenters. The van der Waals surface area contributed by atoms with Gasteiger partial charge < -0.3 is 14.6 Å². The molecular formula is C20H22N2O2. The van der Waals surface area contributed by atoms with Crippen LogP contribution in [0.5, 0.6) is 5.75 Å². The number of esters is 1. The fourth-order valence-electron chi connectivity index (χ4n) is 2.77. The number of carbonyl (C=O) groups excluding carboxylic acids is 1. The van der Waals surface area contributed by atoms with E-state index in [0.717, 1.165) is 29.4 Å². The van der Waals surface area contributed by atoms with E-state index >= 15 is 0 Å². The van der Waals surface area contributed by atoms with Crippen molar-refractivity contribution in [2.24, 2.45) is 0 Å². The van der Waals surface area contributed by atoms with E-state index in [2.05, 4.69) is 24.0 Å². The van der Waals surface area contributed by atoms with Gasteiger partial charge in [-0.2, -0.15) is 0 Å². The number of fused-ring (bicyclic) bond motifs is 1. The molecule has 124 valence electrons. The summed E-state index contributed by atoms with van der Waals surface area (Å²) in [6, 6.07) is 15.4. The van der Waals surface area contributed by atoms with Gasteiger partial charge in [0, 0.05) is 23.6 Å². The predicted octanol–water partition coefficient (Wildman–Crippen LogP) is 3.42. The van der Waals surface area contributed by atoms with E-state index in [-0.39, 0.29) is 12.4 Å². The molecule has 0 atom stereocenters. The highest BCUT2D eigenvalue weighted by molar-refractivity contribution is 5.91. The molecule has 0 aliphatic rings. The quantitative estimate of drug-likeness (QED) is 0.559. The Morgan fingerprint density at radius 2 is 1.88 bits per heavy atom. The first-order chi connectivity index (χ1) is 11.6. The summed E-state index contributed by atoms with van der Waals surface area (Å²) in [6.07, 6.45) is 3.18. The zero-order chi connectivity index (χ0) is 16.9. The summed E-state index contributed by atoms with van der Waals surface area (Å²) in [5.74, 6) is 0.386. The molecule has 0 aliphatic heterocycles. The number of hydrogen-bond donors (Lipinski definition) is 1. The van der Waals surface area contributed by atoms with E-state index in [1.165, 1.54) is 5.56 Å². The first kappa shape index (κ1) is 16.3. The molecule has 0 fully saturated rings. The number of aromatic nitrogens is 1. The Balaban J connectivity index is 1.80. The van der Waals surface area contributed by atoms with Crippen LogP contribution in [-0.2, 0) is 17.6 Å². The van der Waals surface area contributed by atoms with Crippen LogP contribution in [0.3, 0.4) is 0 Å². The van der Waals surface area contributed by atoms with E-state index in [0.29, 0.717) is 5.75 Å². The van der Waals surface area contributed by atoms with E-state index in [1.807, 2.05) is 54.7 Å². The van der Waals surface area contributed by atoms with Crippen LogP contribution < -0.4 is 4.74 Å². The van der Waals surface area contributed by atoms with Crippen molar-refractivity contribution >= 4 is 16.9 Å². The lowest BCUT2D eigenvalue weighted by molar-refractivity contribution is -0.133. The molecule has 1 heterocycles. The molecule has 4 nitrogen and oxygen atoms in total. The van der Waals surface area contributed by atoms with Crippen molar-refractivity contribution < 1.29 is 9.53 Å². The Morgan fingerprint density at radius 3 is 2.62 bits per heavy atom. The Morgan fingerprint density at radius 1 is 1.08 bits per heavy atom. The van der Waals surface area contributed by atoms with Crippen LogP contribution >= 0.6 is 0 Å². The van der Waals surface area contributed by atoms with Crippen LogP contribution in [-0.4, -0.2) is 36.5 Å². The van der Waals surface area contributed by atoms with Crippen LogP contribution in [0.25, 0.3) is 10.9 Å². The highest BCUT2D eigenvalue weighted by Crippen LogP contribution is 2.29. The fourth-order valence-corrected chi connectivity index (χ4v) is 2.77. The maximum Gasteiger partial charge on any atom is 0.315 e. The summed E-state index contributed by atoms with van der Waals surface area (Å²) in [5.41, 5.74) is 3.12. The van der Waals surface area contributed by atoms with E-state index in [9.17, 15) is 4.79 Å². The highest BCUT2D eigenvalue weighted by Gasteiger charge is 2.13. The minimum Gasteiger partial charge on any atom is -0.426 e. The van der Waals surface area contributed by atoms with E-state index < -0.39 is 0 Å². The molecule has 0 amide bonds. The standard InChI is InChI=1S/C20H22N2O2/c1-22(2)12-11-16-14-21-17-9-6-10-18(20(16)17)24-19(23)13-15-7-4-3-5-8-15/h3-10,14,21H,11-13H2,1-2H3. The van der Waals surface area contributed by atoms with Crippen molar-refractivity contribution in [3.63, 3.8) is 0 Å². The molecule has 2 aromatic carbocycles. The Labute approximate surface area is 142 Å². The van der Waals surface area contributed by atoms with Gasteiger partial charge in [-0.15, -0.1) is 0 Å². The van der Waals surface area contributed by atoms with Crippen molar-refractivity contribution in [2.75, 3.05) is 20.6 Å².